The number of hydrogen-bond acceptors (Lipinski definition) is 10. The first-order valence-corrected chi connectivity index (χ1v) is 14.0. The summed E-state index contributed by atoms with van der Waals surface area (Å²) in [5.74, 6) is -0.556. The van der Waals surface area contributed by atoms with Gasteiger partial charge in [0.25, 0.3) is 0 Å². The number of carbonyl (C=O) groups excluding carboxylic acids is 1. The molecule has 5 rings (SSSR count). The number of alkyl halides is 1. The molecule has 2 fully saturated rings. The molecule has 1 aliphatic heterocycles. The first-order valence-electron chi connectivity index (χ1n) is 12.5. The molecule has 0 radical (unpaired) electrons. The van der Waals surface area contributed by atoms with Crippen LogP contribution in [-0.2, 0) is 30.0 Å². The smallest absolute Gasteiger partial charge is 0.459 e. The number of nitrogens with one attached hydrogen (secondary N) is 1. The molecule has 3 aromatic rings. The highest BCUT2D eigenvalue weighted by Gasteiger charge is 2.79. The zero-order valence-electron chi connectivity index (χ0n) is 21.3. The molecule has 4 N–H and O–H groups in total. The molecule has 0 amide bonds. The Hall–Kier alpha value is -3.61. The Labute approximate surface area is 228 Å². The van der Waals surface area contributed by atoms with Gasteiger partial charge < -0.3 is 24.8 Å². The number of halogens is 1. The lowest BCUT2D eigenvalue weighted by molar-refractivity contribution is -0.146. The number of nitrogens with two attached hydrogens (primary N) is 1. The van der Waals surface area contributed by atoms with Gasteiger partial charge in [0, 0.05) is 6.20 Å². The van der Waals surface area contributed by atoms with Crippen molar-refractivity contribution < 1.29 is 37.4 Å². The van der Waals surface area contributed by atoms with E-state index in [2.05, 4.69) is 10.1 Å². The monoisotopic (exact) mass is 574 g/mol. The fraction of sp³-hybridized carbons (Fsp3) is 0.346. The van der Waals surface area contributed by atoms with Gasteiger partial charge >= 0.3 is 19.4 Å². The Morgan fingerprint density at radius 2 is 1.90 bits per heavy atom. The van der Waals surface area contributed by atoms with Crippen LogP contribution in [0, 0.1) is 0 Å². The third-order valence-electron chi connectivity index (χ3n) is 6.65. The van der Waals surface area contributed by atoms with Crippen molar-refractivity contribution in [2.45, 2.75) is 49.6 Å². The summed E-state index contributed by atoms with van der Waals surface area (Å²) in [5.41, 5.74) is 3.19. The van der Waals surface area contributed by atoms with Gasteiger partial charge in [-0.1, -0.05) is 48.5 Å². The molecule has 0 spiro atoms. The van der Waals surface area contributed by atoms with E-state index < -0.39 is 62.1 Å². The van der Waals surface area contributed by atoms with Gasteiger partial charge in [-0.3, -0.25) is 13.9 Å². The van der Waals surface area contributed by atoms with Gasteiger partial charge in [-0.25, -0.2) is 13.8 Å². The molecule has 7 atom stereocenters. The molecular weight excluding hydrogens is 546 g/mol. The van der Waals surface area contributed by atoms with Crippen LogP contribution >= 0.6 is 7.75 Å². The third kappa shape index (κ3) is 5.65. The second-order valence-electron chi connectivity index (χ2n) is 9.50. The minimum Gasteiger partial charge on any atom is -0.460 e. The van der Waals surface area contributed by atoms with E-state index >= 15 is 4.39 Å². The van der Waals surface area contributed by atoms with Crippen LogP contribution in [0.25, 0.3) is 0 Å². The summed E-state index contributed by atoms with van der Waals surface area (Å²) >= 11 is 0. The van der Waals surface area contributed by atoms with Gasteiger partial charge in [-0.2, -0.15) is 10.1 Å². The maximum Gasteiger partial charge on any atom is 0.459 e. The van der Waals surface area contributed by atoms with Gasteiger partial charge in [0.1, 0.15) is 48.6 Å². The summed E-state index contributed by atoms with van der Waals surface area (Å²) < 4.78 is 52.4. The Balaban J connectivity index is 1.24. The zero-order chi connectivity index (χ0) is 28.5. The molecule has 2 aromatic carbocycles. The molecule has 212 valence electrons. The summed E-state index contributed by atoms with van der Waals surface area (Å²) in [4.78, 5) is 28.3. The fourth-order valence-corrected chi connectivity index (χ4v) is 6.05. The van der Waals surface area contributed by atoms with Crippen molar-refractivity contribution in [2.75, 3.05) is 12.3 Å². The lowest BCUT2D eigenvalue weighted by Crippen LogP contribution is -2.40. The van der Waals surface area contributed by atoms with Crippen molar-refractivity contribution in [1.29, 1.82) is 0 Å². The lowest BCUT2D eigenvalue weighted by Gasteiger charge is -2.26. The van der Waals surface area contributed by atoms with Crippen LogP contribution < -0.4 is 21.0 Å². The van der Waals surface area contributed by atoms with Gasteiger partial charge in [0.15, 0.2) is 5.67 Å². The molecule has 1 aliphatic carbocycles. The van der Waals surface area contributed by atoms with Crippen molar-refractivity contribution in [1.82, 2.24) is 14.6 Å². The fourth-order valence-electron chi connectivity index (χ4n) is 4.55. The minimum absolute atomic E-state index is 0.00620. The topological polar surface area (TPSA) is 164 Å². The van der Waals surface area contributed by atoms with Crippen LogP contribution in [0.1, 0.15) is 18.5 Å². The first kappa shape index (κ1) is 27.9. The number of benzene rings is 2. The molecule has 2 heterocycles. The average Bonchev–Trinajstić information content (AvgIpc) is 3.44. The molecule has 2 unspecified atom stereocenters. The number of fused-ring (bicyclic) bond motifs is 1. The van der Waals surface area contributed by atoms with E-state index in [0.717, 1.165) is 10.1 Å². The van der Waals surface area contributed by atoms with Crippen molar-refractivity contribution in [2.24, 2.45) is 0 Å². The largest absolute Gasteiger partial charge is 0.460 e. The van der Waals surface area contributed by atoms with Crippen molar-refractivity contribution in [3.05, 3.63) is 89.0 Å². The van der Waals surface area contributed by atoms with Gasteiger partial charge in [-0.15, -0.1) is 0 Å². The molecule has 0 bridgehead atoms. The predicted molar refractivity (Wildman–Crippen MR) is 140 cm³/mol. The number of anilines is 1. The number of ether oxygens (including phenoxy) is 2. The van der Waals surface area contributed by atoms with E-state index in [9.17, 15) is 19.3 Å². The van der Waals surface area contributed by atoms with E-state index in [1.165, 1.54) is 31.3 Å². The number of carbonyl (C=O) groups is 1. The van der Waals surface area contributed by atoms with Crippen LogP contribution in [-0.4, -0.2) is 57.3 Å². The summed E-state index contributed by atoms with van der Waals surface area (Å²) in [5, 5.41) is 13.2. The molecule has 1 saturated heterocycles. The predicted octanol–water partition coefficient (Wildman–Crippen LogP) is 2.14. The Morgan fingerprint density at radius 1 is 1.23 bits per heavy atom. The summed E-state index contributed by atoms with van der Waals surface area (Å²) in [6.45, 7) is 0.882. The van der Waals surface area contributed by atoms with Crippen molar-refractivity contribution in [3.63, 3.8) is 0 Å². The highest BCUT2D eigenvalue weighted by molar-refractivity contribution is 7.52. The van der Waals surface area contributed by atoms with Crippen LogP contribution in [0.5, 0.6) is 5.75 Å². The number of aromatic nitrogens is 2. The zero-order valence-corrected chi connectivity index (χ0v) is 22.2. The quantitative estimate of drug-likeness (QED) is 0.227. The van der Waals surface area contributed by atoms with Crippen molar-refractivity contribution in [3.8, 4) is 5.75 Å². The summed E-state index contributed by atoms with van der Waals surface area (Å²) in [6.07, 6.45) is -2.84. The van der Waals surface area contributed by atoms with E-state index in [0.29, 0.717) is 0 Å². The number of nitrogens with zero attached hydrogens (tertiary/aromatic N) is 2. The highest BCUT2D eigenvalue weighted by atomic mass is 31.2. The normalized spacial score (nSPS) is 27.3. The van der Waals surface area contributed by atoms with Gasteiger partial charge in [0.2, 0.25) is 0 Å². The van der Waals surface area contributed by atoms with Crippen molar-refractivity contribution >= 4 is 19.5 Å². The number of hydrogen-bond donors (Lipinski definition) is 3. The van der Waals surface area contributed by atoms with E-state index in [1.807, 2.05) is 6.07 Å². The van der Waals surface area contributed by atoms with Crippen LogP contribution in [0.2, 0.25) is 0 Å². The first-order chi connectivity index (χ1) is 19.1. The van der Waals surface area contributed by atoms with Crippen LogP contribution in [0.3, 0.4) is 0 Å². The van der Waals surface area contributed by atoms with E-state index in [1.54, 1.807) is 42.5 Å². The maximum absolute atomic E-state index is 15.6. The minimum atomic E-state index is -4.28. The second kappa shape index (κ2) is 11.1. The number of rotatable bonds is 11. The number of para-hydroxylation sites is 1. The molecule has 1 saturated carbocycles. The molecule has 14 heteroatoms. The Bertz CT molecular complexity index is 1460. The van der Waals surface area contributed by atoms with Gasteiger partial charge in [0.05, 0.1) is 6.61 Å². The number of aliphatic hydroxyl groups is 1. The number of esters is 1. The van der Waals surface area contributed by atoms with E-state index in [-0.39, 0.29) is 18.2 Å². The average molecular weight is 575 g/mol. The van der Waals surface area contributed by atoms with Crippen LogP contribution in [0.4, 0.5) is 10.2 Å². The third-order valence-corrected chi connectivity index (χ3v) is 8.30. The molecule has 40 heavy (non-hydrogen) atoms. The maximum atomic E-state index is 15.6. The number of nitrogen functional groups attached to an aromatic ring is 1. The molecule has 1 aromatic heterocycles. The molecule has 2 aliphatic rings. The van der Waals surface area contributed by atoms with Crippen LogP contribution in [0.15, 0.2) is 77.7 Å². The summed E-state index contributed by atoms with van der Waals surface area (Å²) in [6, 6.07) is 16.2. The SMILES string of the molecule is C[C@H](N[P@@](=O)(OC[C@H]1OC2[C@@H](n3ccc(N)nc3=O)[C@@]2(F)C1O)Oc1ccccc1)C(=O)OCc1ccccc1. The lowest BCUT2D eigenvalue weighted by atomic mass is 10.1. The molecular formula is C26H28FN4O8P. The summed E-state index contributed by atoms with van der Waals surface area (Å²) in [7, 11) is -4.28. The van der Waals surface area contributed by atoms with E-state index in [4.69, 9.17) is 24.3 Å². The van der Waals surface area contributed by atoms with Gasteiger partial charge in [-0.05, 0) is 30.7 Å². The molecule has 12 nitrogen and oxygen atoms in total. The Kier molecular flexibility index (Phi) is 7.76. The standard InChI is InChI=1S/C26H28FN4O8P/c1-16(24(33)36-14-17-8-4-2-5-9-17)30-40(35,39-18-10-6-3-7-11-18)37-15-19-22(32)26(27)21(23(26)38-19)31-13-12-20(28)29-25(31)34/h2-13,16,19,21-23,32H,14-15H2,1H3,(H,30,35)(H2,28,29,34)/t16-,19+,21+,22?,23?,26+,40+/m0/s1. The highest BCUT2D eigenvalue weighted by Crippen LogP contribution is 2.61. The number of aliphatic hydroxyl groups excluding tert-OH is 1. The second-order valence-corrected chi connectivity index (χ2v) is 11.2. The Morgan fingerprint density at radius 3 is 2.52 bits per heavy atom.